The fraction of sp³-hybridized carbons (Fsp3) is 0.333. The molecule has 2 N–H and O–H groups in total. The number of carboxylic acid groups (broad SMARTS) is 1. The first-order valence-electron chi connectivity index (χ1n) is 10.9. The maximum Gasteiger partial charge on any atom is 0.412 e. The van der Waals surface area contributed by atoms with Gasteiger partial charge in [0, 0.05) is 17.8 Å². The lowest BCUT2D eigenvalue weighted by molar-refractivity contribution is -0.143. The number of anilines is 1. The largest absolute Gasteiger partial charge is 0.481 e. The van der Waals surface area contributed by atoms with Crippen molar-refractivity contribution in [3.8, 4) is 17.2 Å². The van der Waals surface area contributed by atoms with E-state index in [0.717, 1.165) is 18.4 Å². The van der Waals surface area contributed by atoms with Gasteiger partial charge in [-0.1, -0.05) is 43.2 Å². The molecular weight excluding hydrogens is 445 g/mol. The number of hydrogen-bond acceptors (Lipinski definition) is 7. The van der Waals surface area contributed by atoms with Crippen LogP contribution in [0, 0.1) is 17.8 Å². The third-order valence-corrected chi connectivity index (χ3v) is 5.53. The van der Waals surface area contributed by atoms with Gasteiger partial charge in [0.2, 0.25) is 5.88 Å². The highest BCUT2D eigenvalue weighted by Gasteiger charge is 2.30. The molecule has 2 aromatic heterocycles. The highest BCUT2D eigenvalue weighted by molar-refractivity contribution is 5.89. The third-order valence-electron chi connectivity index (χ3n) is 5.53. The van der Waals surface area contributed by atoms with Crippen molar-refractivity contribution >= 4 is 17.7 Å². The summed E-state index contributed by atoms with van der Waals surface area (Å²) in [5, 5.41) is 15.0. The molecule has 4 rings (SSSR count). The van der Waals surface area contributed by atoms with Gasteiger partial charge in [0.1, 0.15) is 18.4 Å². The SMILES string of the molecule is CC(OC(=O)Nc1c(F)noc1-c1ccc(OCC(CC2CC2)C(=O)O)nc1)c1ccccc1. The minimum Gasteiger partial charge on any atom is -0.481 e. The molecule has 0 aliphatic heterocycles. The van der Waals surface area contributed by atoms with Gasteiger partial charge in [-0.05, 0) is 36.0 Å². The quantitative estimate of drug-likeness (QED) is 0.422. The maximum absolute atomic E-state index is 14.2. The predicted octanol–water partition coefficient (Wildman–Crippen LogP) is 5.07. The summed E-state index contributed by atoms with van der Waals surface area (Å²) < 4.78 is 30.1. The van der Waals surface area contributed by atoms with Crippen LogP contribution in [0.5, 0.6) is 5.88 Å². The molecule has 34 heavy (non-hydrogen) atoms. The molecule has 1 aromatic carbocycles. The highest BCUT2D eigenvalue weighted by atomic mass is 19.1. The summed E-state index contributed by atoms with van der Waals surface area (Å²) in [6.45, 7) is 1.70. The minimum atomic E-state index is -1.01. The Bertz CT molecular complexity index is 1130. The number of carboxylic acids is 1. The van der Waals surface area contributed by atoms with Crippen LogP contribution in [0.4, 0.5) is 14.9 Å². The normalized spacial score (nSPS) is 14.8. The number of rotatable bonds is 10. The molecule has 1 aliphatic carbocycles. The molecule has 0 radical (unpaired) electrons. The van der Waals surface area contributed by atoms with E-state index in [1.54, 1.807) is 13.0 Å². The van der Waals surface area contributed by atoms with Crippen molar-refractivity contribution in [1.82, 2.24) is 10.1 Å². The number of nitrogens with zero attached hydrogens (tertiary/aromatic N) is 2. The predicted molar refractivity (Wildman–Crippen MR) is 119 cm³/mol. The molecule has 10 heteroatoms. The molecule has 3 aromatic rings. The van der Waals surface area contributed by atoms with Crippen LogP contribution >= 0.6 is 0 Å². The average molecular weight is 469 g/mol. The lowest BCUT2D eigenvalue weighted by Gasteiger charge is -2.14. The molecule has 2 unspecified atom stereocenters. The number of carbonyl (C=O) groups is 2. The Kier molecular flexibility index (Phi) is 7.05. The summed E-state index contributed by atoms with van der Waals surface area (Å²) in [6, 6.07) is 12.2. The van der Waals surface area contributed by atoms with Gasteiger partial charge < -0.3 is 19.1 Å². The van der Waals surface area contributed by atoms with Crippen molar-refractivity contribution in [1.29, 1.82) is 0 Å². The molecule has 0 saturated heterocycles. The minimum absolute atomic E-state index is 0.00730. The van der Waals surface area contributed by atoms with E-state index < -0.39 is 30.0 Å². The van der Waals surface area contributed by atoms with E-state index in [-0.39, 0.29) is 23.9 Å². The molecule has 1 fully saturated rings. The maximum atomic E-state index is 14.2. The van der Waals surface area contributed by atoms with Crippen molar-refractivity contribution < 1.29 is 33.1 Å². The number of aromatic nitrogens is 2. The van der Waals surface area contributed by atoms with Crippen LogP contribution in [0.25, 0.3) is 11.3 Å². The Balaban J connectivity index is 1.39. The Morgan fingerprint density at radius 1 is 1.24 bits per heavy atom. The number of hydrogen-bond donors (Lipinski definition) is 2. The summed E-state index contributed by atoms with van der Waals surface area (Å²) in [4.78, 5) is 27.8. The summed E-state index contributed by atoms with van der Waals surface area (Å²) in [5.74, 6) is -1.88. The van der Waals surface area contributed by atoms with Crippen LogP contribution in [0.15, 0.2) is 53.2 Å². The van der Waals surface area contributed by atoms with Crippen molar-refractivity contribution in [3.05, 3.63) is 60.2 Å². The lowest BCUT2D eigenvalue weighted by atomic mass is 10.0. The first-order chi connectivity index (χ1) is 16.4. The second kappa shape index (κ2) is 10.3. The zero-order chi connectivity index (χ0) is 24.1. The van der Waals surface area contributed by atoms with Gasteiger partial charge >= 0.3 is 12.1 Å². The van der Waals surface area contributed by atoms with Crippen molar-refractivity contribution in [2.75, 3.05) is 11.9 Å². The van der Waals surface area contributed by atoms with E-state index in [9.17, 15) is 19.1 Å². The van der Waals surface area contributed by atoms with E-state index in [4.69, 9.17) is 14.0 Å². The second-order valence-corrected chi connectivity index (χ2v) is 8.17. The van der Waals surface area contributed by atoms with Gasteiger partial charge in [0.05, 0.1) is 5.92 Å². The summed E-state index contributed by atoms with van der Waals surface area (Å²) in [6.07, 6.45) is 2.62. The standard InChI is InChI=1S/C24H24FN3O6/c1-14(16-5-3-2-4-6-16)33-24(31)27-20-21(34-28-22(20)25)17-9-10-19(26-12-17)32-13-18(23(29)30)11-15-7-8-15/h2-6,9-10,12,14-15,18H,7-8,11,13H2,1H3,(H,27,31)(H,29,30). The van der Waals surface area contributed by atoms with Crippen LogP contribution < -0.4 is 10.1 Å². The summed E-state index contributed by atoms with van der Waals surface area (Å²) in [7, 11) is 0. The first-order valence-corrected chi connectivity index (χ1v) is 10.9. The first kappa shape index (κ1) is 23.2. The van der Waals surface area contributed by atoms with Crippen molar-refractivity contribution in [3.63, 3.8) is 0 Å². The van der Waals surface area contributed by atoms with Crippen molar-refractivity contribution in [2.45, 2.75) is 32.3 Å². The van der Waals surface area contributed by atoms with Gasteiger partial charge in [0.15, 0.2) is 5.76 Å². The van der Waals surface area contributed by atoms with Gasteiger partial charge in [0.25, 0.3) is 5.95 Å². The fourth-order valence-electron chi connectivity index (χ4n) is 3.44. The van der Waals surface area contributed by atoms with Crippen LogP contribution in [0.3, 0.4) is 0 Å². The number of nitrogens with one attached hydrogen (secondary N) is 1. The average Bonchev–Trinajstić information content (AvgIpc) is 3.59. The Hall–Kier alpha value is -3.95. The second-order valence-electron chi connectivity index (χ2n) is 8.17. The van der Waals surface area contributed by atoms with E-state index in [2.05, 4.69) is 15.5 Å². The topological polar surface area (TPSA) is 124 Å². The molecule has 1 aliphatic rings. The lowest BCUT2D eigenvalue weighted by Crippen LogP contribution is -2.22. The molecular formula is C24H24FN3O6. The number of benzene rings is 1. The van der Waals surface area contributed by atoms with E-state index >= 15 is 0 Å². The molecule has 0 bridgehead atoms. The Morgan fingerprint density at radius 3 is 2.65 bits per heavy atom. The number of ether oxygens (including phenoxy) is 2. The monoisotopic (exact) mass is 469 g/mol. The van der Waals surface area contributed by atoms with E-state index in [1.807, 2.05) is 30.3 Å². The van der Waals surface area contributed by atoms with Gasteiger partial charge in [-0.25, -0.2) is 9.78 Å². The highest BCUT2D eigenvalue weighted by Crippen LogP contribution is 2.36. The zero-order valence-corrected chi connectivity index (χ0v) is 18.4. The fourth-order valence-corrected chi connectivity index (χ4v) is 3.44. The molecule has 9 nitrogen and oxygen atoms in total. The number of carbonyl (C=O) groups excluding carboxylic acids is 1. The molecule has 2 heterocycles. The van der Waals surface area contributed by atoms with Crippen LogP contribution in [-0.2, 0) is 9.53 Å². The molecule has 1 saturated carbocycles. The van der Waals surface area contributed by atoms with Gasteiger partial charge in [-0.2, -0.15) is 4.39 Å². The summed E-state index contributed by atoms with van der Waals surface area (Å²) in [5.41, 5.74) is 0.838. The van der Waals surface area contributed by atoms with Crippen LogP contribution in [0.1, 0.15) is 37.9 Å². The van der Waals surface area contributed by atoms with Crippen LogP contribution in [-0.4, -0.2) is 33.9 Å². The van der Waals surface area contributed by atoms with Gasteiger partial charge in [-0.15, -0.1) is 0 Å². The third kappa shape index (κ3) is 5.89. The Labute approximate surface area is 194 Å². The summed E-state index contributed by atoms with van der Waals surface area (Å²) >= 11 is 0. The number of halogens is 1. The Morgan fingerprint density at radius 2 is 2.00 bits per heavy atom. The smallest absolute Gasteiger partial charge is 0.412 e. The van der Waals surface area contributed by atoms with Crippen LogP contribution in [0.2, 0.25) is 0 Å². The van der Waals surface area contributed by atoms with Gasteiger partial charge in [-0.3, -0.25) is 10.1 Å². The zero-order valence-electron chi connectivity index (χ0n) is 18.4. The van der Waals surface area contributed by atoms with Crippen molar-refractivity contribution in [2.24, 2.45) is 11.8 Å². The number of aliphatic carboxylic acids is 1. The number of pyridine rings is 1. The molecule has 2 atom stereocenters. The molecule has 1 amide bonds. The molecule has 178 valence electrons. The van der Waals surface area contributed by atoms with E-state index in [0.29, 0.717) is 17.9 Å². The van der Waals surface area contributed by atoms with E-state index in [1.165, 1.54) is 12.3 Å². The number of amides is 1. The molecule has 0 spiro atoms.